The Hall–Kier alpha value is -4.49. The first-order valence-corrected chi connectivity index (χ1v) is 19.3. The maximum Gasteiger partial charge on any atom is 0.350 e. The fourth-order valence-electron chi connectivity index (χ4n) is 11.1. The summed E-state index contributed by atoms with van der Waals surface area (Å²) >= 11 is 0. The van der Waals surface area contributed by atoms with Crippen LogP contribution in [0.15, 0.2) is 59.2 Å². The summed E-state index contributed by atoms with van der Waals surface area (Å²) < 4.78 is 13.4. The number of ketones is 3. The molecule has 0 aliphatic heterocycles. The quantitative estimate of drug-likeness (QED) is 0.209. The van der Waals surface area contributed by atoms with E-state index in [9.17, 15) is 39.0 Å². The zero-order valence-corrected chi connectivity index (χ0v) is 34.0. The molecule has 13 nitrogen and oxygen atoms in total. The second kappa shape index (κ2) is 13.6. The molecular weight excluding hydrogens is 718 g/mol. The van der Waals surface area contributed by atoms with Gasteiger partial charge in [0.05, 0.1) is 11.8 Å². The minimum atomic E-state index is -2.07. The lowest BCUT2D eigenvalue weighted by Crippen LogP contribution is -2.65. The molecule has 3 fully saturated rings. The number of ether oxygens (including phenoxy) is 2. The third-order valence-electron chi connectivity index (χ3n) is 14.1. The van der Waals surface area contributed by atoms with Gasteiger partial charge in [-0.05, 0) is 108 Å². The van der Waals surface area contributed by atoms with Crippen molar-refractivity contribution >= 4 is 29.3 Å². The molecule has 2 aromatic rings. The topological polar surface area (TPSA) is 184 Å². The summed E-state index contributed by atoms with van der Waals surface area (Å²) in [6.45, 7) is 16.6. The minimum Gasteiger partial charge on any atom is -0.456 e. The summed E-state index contributed by atoms with van der Waals surface area (Å²) in [7, 11) is 0. The summed E-state index contributed by atoms with van der Waals surface area (Å²) in [5.74, 6) is -4.30. The fourth-order valence-corrected chi connectivity index (χ4v) is 11.1. The van der Waals surface area contributed by atoms with Gasteiger partial charge in [-0.25, -0.2) is 14.0 Å². The van der Waals surface area contributed by atoms with E-state index >= 15 is 0 Å². The van der Waals surface area contributed by atoms with Crippen LogP contribution in [0.25, 0.3) is 5.69 Å². The second-order valence-corrected chi connectivity index (χ2v) is 18.5. The number of Topliss-reactive ketones (excluding diaryl/α,β-unsaturated/α-hetero) is 2. The number of rotatable bonds is 9. The zero-order valence-electron chi connectivity index (χ0n) is 34.0. The van der Waals surface area contributed by atoms with Crippen LogP contribution in [0.3, 0.4) is 0 Å². The number of aliphatic hydroxyl groups is 2. The second-order valence-electron chi connectivity index (χ2n) is 18.5. The third-order valence-corrected chi connectivity index (χ3v) is 14.1. The molecule has 0 saturated heterocycles. The van der Waals surface area contributed by atoms with Crippen LogP contribution in [0.1, 0.15) is 93.6 Å². The maximum absolute atomic E-state index is 14.9. The van der Waals surface area contributed by atoms with E-state index in [1.807, 2.05) is 45.9 Å². The van der Waals surface area contributed by atoms with Crippen molar-refractivity contribution in [3.63, 3.8) is 0 Å². The lowest BCUT2D eigenvalue weighted by molar-refractivity contribution is -0.185. The van der Waals surface area contributed by atoms with Gasteiger partial charge in [0.15, 0.2) is 17.7 Å². The van der Waals surface area contributed by atoms with E-state index < -0.39 is 86.9 Å². The summed E-state index contributed by atoms with van der Waals surface area (Å²) in [5.41, 5.74) is -5.21. The molecule has 6 rings (SSSR count). The molecule has 1 heterocycles. The minimum absolute atomic E-state index is 0.0422. The van der Waals surface area contributed by atoms with Crippen LogP contribution in [0.5, 0.6) is 0 Å². The van der Waals surface area contributed by atoms with E-state index in [4.69, 9.17) is 9.47 Å². The van der Waals surface area contributed by atoms with E-state index in [-0.39, 0.29) is 36.7 Å². The van der Waals surface area contributed by atoms with Gasteiger partial charge in [-0.3, -0.25) is 24.0 Å². The van der Waals surface area contributed by atoms with Crippen LogP contribution < -0.4 is 5.69 Å². The fraction of sp³-hybridized carbons (Fsp3) is 0.605. The van der Waals surface area contributed by atoms with Crippen molar-refractivity contribution in [2.24, 2.45) is 39.4 Å². The lowest BCUT2D eigenvalue weighted by atomic mass is 9.38. The Balaban J connectivity index is 1.27. The number of nitrogens with zero attached hydrogens (tertiary/aromatic N) is 3. The average molecular weight is 774 g/mol. The molecule has 0 unspecified atom stereocenters. The van der Waals surface area contributed by atoms with Crippen LogP contribution in [0, 0.1) is 46.3 Å². The molecule has 9 atom stereocenters. The van der Waals surface area contributed by atoms with Crippen LogP contribution in [0.4, 0.5) is 0 Å². The van der Waals surface area contributed by atoms with Crippen LogP contribution in [0.2, 0.25) is 0 Å². The molecule has 4 aliphatic rings. The molecule has 4 aliphatic carbocycles. The van der Waals surface area contributed by atoms with Crippen LogP contribution in [-0.2, 0) is 40.0 Å². The highest BCUT2D eigenvalue weighted by atomic mass is 16.6. The molecule has 0 spiro atoms. The van der Waals surface area contributed by atoms with Crippen molar-refractivity contribution < 1.29 is 43.7 Å². The zero-order chi connectivity index (χ0) is 41.6. The number of carbonyl (C=O) groups is 5. The van der Waals surface area contributed by atoms with E-state index in [1.54, 1.807) is 39.8 Å². The molecule has 1 aromatic carbocycles. The molecule has 13 heteroatoms. The van der Waals surface area contributed by atoms with Crippen LogP contribution >= 0.6 is 0 Å². The Morgan fingerprint density at radius 1 is 1.02 bits per heavy atom. The van der Waals surface area contributed by atoms with E-state index in [2.05, 4.69) is 5.10 Å². The highest BCUT2D eigenvalue weighted by Crippen LogP contribution is 2.74. The summed E-state index contributed by atoms with van der Waals surface area (Å²) in [5, 5.41) is 27.9. The van der Waals surface area contributed by atoms with Gasteiger partial charge in [-0.15, -0.1) is 0 Å². The average Bonchev–Trinajstić information content (AvgIpc) is 3.54. The number of hydrogen-bond acceptors (Lipinski definition) is 11. The molecule has 302 valence electrons. The van der Waals surface area contributed by atoms with Crippen LogP contribution in [-0.4, -0.2) is 77.3 Å². The standard InChI is InChI=1S/C43H55N3O10/c1-24-11-13-26(14-12-24)45-23-44-46(37(45)53)22-34(51)55-30-19-28-27(39(5,6)36(30)52)15-16-31-40(7)20-29(48)35(41(40,8)21-33(50)42(28,31)9)43(10,54)32(49)17-18-38(3,4)56-25(2)47/h11-15,17-18,23,28-31,35,48,54H,16,19-22H2,1-10H3/b18-17+/t28-,29-,30+,31+,35+,40+,41-,42+,43+/m1/s1. The molecule has 1 aromatic heterocycles. The Morgan fingerprint density at radius 2 is 1.66 bits per heavy atom. The predicted molar refractivity (Wildman–Crippen MR) is 204 cm³/mol. The first-order chi connectivity index (χ1) is 25.8. The van der Waals surface area contributed by atoms with Crippen molar-refractivity contribution in [3.8, 4) is 5.69 Å². The normalized spacial score (nSPS) is 33.5. The number of benzene rings is 1. The lowest BCUT2D eigenvalue weighted by Gasteiger charge is -2.64. The molecule has 56 heavy (non-hydrogen) atoms. The number of aliphatic hydroxyl groups excluding tert-OH is 1. The van der Waals surface area contributed by atoms with Gasteiger partial charge in [0.2, 0.25) is 0 Å². The van der Waals surface area contributed by atoms with Gasteiger partial charge in [0, 0.05) is 30.1 Å². The van der Waals surface area contributed by atoms with Gasteiger partial charge >= 0.3 is 17.6 Å². The third kappa shape index (κ3) is 6.34. The monoisotopic (exact) mass is 773 g/mol. The highest BCUT2D eigenvalue weighted by molar-refractivity contribution is 5.98. The number of allylic oxidation sites excluding steroid dienone is 2. The first-order valence-electron chi connectivity index (χ1n) is 19.3. The SMILES string of the molecule is CC(=O)OC(C)(C)/C=C/C(=O)[C@](C)(O)[C@H]1[C@H](O)C[C@@]2(C)[C@@H]3CC=C4[C@@H](C[C@H](OC(=O)Cn5ncn(-c6ccc(C)cc6)c5=O)C(=O)C4(C)C)[C@]3(C)C(=O)C[C@]12C. The number of hydrogen-bond donors (Lipinski definition) is 2. The summed E-state index contributed by atoms with van der Waals surface area (Å²) in [6, 6.07) is 7.25. The Labute approximate surface area is 327 Å². The van der Waals surface area contributed by atoms with Crippen molar-refractivity contribution in [2.75, 3.05) is 0 Å². The van der Waals surface area contributed by atoms with E-state index in [1.165, 1.54) is 36.9 Å². The van der Waals surface area contributed by atoms with Crippen molar-refractivity contribution in [3.05, 3.63) is 70.4 Å². The van der Waals surface area contributed by atoms with Gasteiger partial charge in [0.25, 0.3) is 0 Å². The molecule has 0 radical (unpaired) electrons. The van der Waals surface area contributed by atoms with Gasteiger partial charge in [-0.2, -0.15) is 5.10 Å². The molecule has 0 amide bonds. The Bertz CT molecular complexity index is 2100. The number of carbonyl (C=O) groups excluding carboxylic acids is 5. The van der Waals surface area contributed by atoms with E-state index in [0.717, 1.165) is 15.8 Å². The molecular formula is C43H55N3O10. The summed E-state index contributed by atoms with van der Waals surface area (Å²) in [6.07, 6.45) is 4.26. The van der Waals surface area contributed by atoms with Crippen molar-refractivity contribution in [2.45, 2.75) is 125 Å². The largest absolute Gasteiger partial charge is 0.456 e. The van der Waals surface area contributed by atoms with Crippen molar-refractivity contribution in [1.29, 1.82) is 0 Å². The number of esters is 2. The van der Waals surface area contributed by atoms with Crippen molar-refractivity contribution in [1.82, 2.24) is 14.3 Å². The van der Waals surface area contributed by atoms with E-state index in [0.29, 0.717) is 12.1 Å². The molecule has 3 saturated carbocycles. The number of aryl methyl sites for hydroxylation is 1. The Morgan fingerprint density at radius 3 is 2.29 bits per heavy atom. The molecule has 0 bridgehead atoms. The maximum atomic E-state index is 14.9. The summed E-state index contributed by atoms with van der Waals surface area (Å²) in [4.78, 5) is 80.8. The number of fused-ring (bicyclic) bond motifs is 5. The van der Waals surface area contributed by atoms with Gasteiger partial charge in [-0.1, -0.05) is 50.1 Å². The molecule has 2 N–H and O–H groups in total. The predicted octanol–water partition coefficient (Wildman–Crippen LogP) is 4.41. The van der Waals surface area contributed by atoms with Gasteiger partial charge in [0.1, 0.15) is 29.9 Å². The van der Waals surface area contributed by atoms with Gasteiger partial charge < -0.3 is 19.7 Å². The highest BCUT2D eigenvalue weighted by Gasteiger charge is 2.74. The Kier molecular flexibility index (Phi) is 9.97. The first kappa shape index (κ1) is 41.2. The smallest absolute Gasteiger partial charge is 0.350 e. The number of aromatic nitrogens is 3.